The van der Waals surface area contributed by atoms with Crippen LogP contribution in [0.1, 0.15) is 23.6 Å². The standard InChI is InChI=1S/C19H21N3O3S/c1-12-4-9-17(13(2)10-12)20-19(26)22-21-14(3)15-5-7-16(8-6-15)25-11-18(23)24/h4-10H,11H2,1-3H3,(H,23,24)(H2,20,22,26)/b21-14-. The summed E-state index contributed by atoms with van der Waals surface area (Å²) in [5, 5.41) is 16.4. The number of carbonyl (C=O) groups is 1. The summed E-state index contributed by atoms with van der Waals surface area (Å²) >= 11 is 5.27. The lowest BCUT2D eigenvalue weighted by atomic mass is 10.1. The maximum atomic E-state index is 10.5. The molecule has 0 amide bonds. The van der Waals surface area contributed by atoms with Gasteiger partial charge < -0.3 is 15.2 Å². The fourth-order valence-corrected chi connectivity index (χ4v) is 2.40. The van der Waals surface area contributed by atoms with E-state index >= 15 is 0 Å². The summed E-state index contributed by atoms with van der Waals surface area (Å²) in [4.78, 5) is 10.5. The number of carboxylic acids is 1. The van der Waals surface area contributed by atoms with Gasteiger partial charge in [-0.25, -0.2) is 4.79 Å². The quantitative estimate of drug-likeness (QED) is 0.410. The maximum absolute atomic E-state index is 10.5. The van der Waals surface area contributed by atoms with Gasteiger partial charge >= 0.3 is 5.97 Å². The van der Waals surface area contributed by atoms with Crippen LogP contribution in [-0.4, -0.2) is 28.5 Å². The van der Waals surface area contributed by atoms with Gasteiger partial charge in [0.25, 0.3) is 0 Å². The van der Waals surface area contributed by atoms with Gasteiger partial charge in [-0.05, 0) is 74.4 Å². The van der Waals surface area contributed by atoms with E-state index < -0.39 is 5.97 Å². The Balaban J connectivity index is 1.94. The predicted octanol–water partition coefficient (Wildman–Crippen LogP) is 3.48. The lowest BCUT2D eigenvalue weighted by Gasteiger charge is -2.11. The molecule has 0 bridgehead atoms. The van der Waals surface area contributed by atoms with E-state index in [1.165, 1.54) is 5.56 Å². The third kappa shape index (κ3) is 5.86. The first kappa shape index (κ1) is 19.4. The minimum atomic E-state index is -1.01. The predicted molar refractivity (Wildman–Crippen MR) is 107 cm³/mol. The van der Waals surface area contributed by atoms with Crippen LogP contribution in [0.3, 0.4) is 0 Å². The fourth-order valence-electron chi connectivity index (χ4n) is 2.24. The number of nitrogens with one attached hydrogen (secondary N) is 2. The summed E-state index contributed by atoms with van der Waals surface area (Å²) in [5.41, 5.74) is 7.66. The normalized spacial score (nSPS) is 11.0. The van der Waals surface area contributed by atoms with Gasteiger partial charge in [0.2, 0.25) is 0 Å². The highest BCUT2D eigenvalue weighted by Gasteiger charge is 2.03. The zero-order chi connectivity index (χ0) is 19.1. The average molecular weight is 371 g/mol. The van der Waals surface area contributed by atoms with Crippen molar-refractivity contribution in [2.75, 3.05) is 11.9 Å². The molecule has 26 heavy (non-hydrogen) atoms. The number of nitrogens with zero attached hydrogens (tertiary/aromatic N) is 1. The summed E-state index contributed by atoms with van der Waals surface area (Å²) in [6.45, 7) is 5.53. The molecule has 0 aliphatic rings. The zero-order valence-corrected chi connectivity index (χ0v) is 15.7. The summed E-state index contributed by atoms with van der Waals surface area (Å²) in [7, 11) is 0. The van der Waals surface area contributed by atoms with Crippen molar-refractivity contribution in [3.8, 4) is 5.75 Å². The second-order valence-corrected chi connectivity index (χ2v) is 6.20. The van der Waals surface area contributed by atoms with Gasteiger partial charge in [0.1, 0.15) is 5.75 Å². The van der Waals surface area contributed by atoms with Crippen molar-refractivity contribution in [3.05, 3.63) is 59.2 Å². The van der Waals surface area contributed by atoms with E-state index in [4.69, 9.17) is 22.1 Å². The van der Waals surface area contributed by atoms with Crippen LogP contribution in [-0.2, 0) is 4.79 Å². The van der Waals surface area contributed by atoms with Crippen LogP contribution >= 0.6 is 12.2 Å². The number of thiocarbonyl (C=S) groups is 1. The Labute approximate surface area is 157 Å². The third-order valence-electron chi connectivity index (χ3n) is 3.59. The Morgan fingerprint density at radius 2 is 1.88 bits per heavy atom. The number of hydrogen-bond acceptors (Lipinski definition) is 4. The molecule has 0 saturated carbocycles. The van der Waals surface area contributed by atoms with Crippen LogP contribution in [0.2, 0.25) is 0 Å². The monoisotopic (exact) mass is 371 g/mol. The summed E-state index contributed by atoms with van der Waals surface area (Å²) in [6.07, 6.45) is 0. The molecule has 0 fully saturated rings. The van der Waals surface area contributed by atoms with E-state index in [9.17, 15) is 4.79 Å². The van der Waals surface area contributed by atoms with Crippen LogP contribution in [0.5, 0.6) is 5.75 Å². The first-order chi connectivity index (χ1) is 12.3. The van der Waals surface area contributed by atoms with Gasteiger partial charge in [-0.3, -0.25) is 5.43 Å². The molecule has 3 N–H and O–H groups in total. The summed E-state index contributed by atoms with van der Waals surface area (Å²) in [6, 6.07) is 13.1. The molecule has 0 heterocycles. The Hall–Kier alpha value is -2.93. The fraction of sp³-hybridized carbons (Fsp3) is 0.211. The highest BCUT2D eigenvalue weighted by molar-refractivity contribution is 7.80. The largest absolute Gasteiger partial charge is 0.482 e. The molecule has 0 aromatic heterocycles. The summed E-state index contributed by atoms with van der Waals surface area (Å²) < 4.78 is 5.10. The Bertz CT molecular complexity index is 832. The Morgan fingerprint density at radius 1 is 1.19 bits per heavy atom. The number of aryl methyl sites for hydroxylation is 2. The molecule has 2 aromatic rings. The van der Waals surface area contributed by atoms with Gasteiger partial charge in [-0.15, -0.1) is 0 Å². The van der Waals surface area contributed by atoms with E-state index in [1.807, 2.05) is 32.9 Å². The number of aliphatic carboxylic acids is 1. The van der Waals surface area contributed by atoms with E-state index in [0.29, 0.717) is 10.9 Å². The van der Waals surface area contributed by atoms with Crippen molar-refractivity contribution in [1.29, 1.82) is 0 Å². The number of carboxylic acid groups (broad SMARTS) is 1. The van der Waals surface area contributed by atoms with Crippen LogP contribution in [0.15, 0.2) is 47.6 Å². The molecule has 0 radical (unpaired) electrons. The molecule has 7 heteroatoms. The molecule has 0 aliphatic heterocycles. The zero-order valence-electron chi connectivity index (χ0n) is 14.9. The van der Waals surface area contributed by atoms with Gasteiger partial charge in [0.05, 0.1) is 5.71 Å². The third-order valence-corrected chi connectivity index (χ3v) is 3.78. The molecular formula is C19H21N3O3S. The molecule has 0 saturated heterocycles. The number of hydrogen-bond donors (Lipinski definition) is 3. The topological polar surface area (TPSA) is 83.0 Å². The average Bonchev–Trinajstić information content (AvgIpc) is 2.60. The highest BCUT2D eigenvalue weighted by Crippen LogP contribution is 2.16. The minimum Gasteiger partial charge on any atom is -0.482 e. The van der Waals surface area contributed by atoms with Crippen LogP contribution in [0, 0.1) is 13.8 Å². The molecule has 0 unspecified atom stereocenters. The van der Waals surface area contributed by atoms with Crippen molar-refractivity contribution in [3.63, 3.8) is 0 Å². The van der Waals surface area contributed by atoms with Crippen LogP contribution in [0.4, 0.5) is 5.69 Å². The number of hydrazone groups is 1. The first-order valence-electron chi connectivity index (χ1n) is 7.98. The molecule has 136 valence electrons. The SMILES string of the molecule is C/C(=N/NC(=S)Nc1ccc(C)cc1C)c1ccc(OCC(=O)O)cc1. The molecule has 2 aromatic carbocycles. The number of benzene rings is 2. The molecule has 0 spiro atoms. The van der Waals surface area contributed by atoms with Gasteiger partial charge in [0.15, 0.2) is 11.7 Å². The van der Waals surface area contributed by atoms with Crippen molar-refractivity contribution in [2.24, 2.45) is 5.10 Å². The molecular weight excluding hydrogens is 350 g/mol. The van der Waals surface area contributed by atoms with E-state index in [0.717, 1.165) is 22.5 Å². The first-order valence-corrected chi connectivity index (χ1v) is 8.39. The van der Waals surface area contributed by atoms with E-state index in [-0.39, 0.29) is 6.61 Å². The van der Waals surface area contributed by atoms with Crippen molar-refractivity contribution in [2.45, 2.75) is 20.8 Å². The second kappa shape index (κ2) is 8.96. The van der Waals surface area contributed by atoms with Crippen molar-refractivity contribution < 1.29 is 14.6 Å². The smallest absolute Gasteiger partial charge is 0.341 e. The summed E-state index contributed by atoms with van der Waals surface area (Å²) in [5.74, 6) is -0.523. The van der Waals surface area contributed by atoms with Gasteiger partial charge in [0, 0.05) is 5.69 Å². The molecule has 2 rings (SSSR count). The van der Waals surface area contributed by atoms with Crippen LogP contribution in [0.25, 0.3) is 0 Å². The molecule has 6 nitrogen and oxygen atoms in total. The van der Waals surface area contributed by atoms with Crippen molar-refractivity contribution in [1.82, 2.24) is 5.43 Å². The Morgan fingerprint density at radius 3 is 2.50 bits per heavy atom. The lowest BCUT2D eigenvalue weighted by molar-refractivity contribution is -0.139. The second-order valence-electron chi connectivity index (χ2n) is 5.79. The minimum absolute atomic E-state index is 0.369. The number of rotatable bonds is 6. The Kier molecular flexibility index (Phi) is 6.68. The van der Waals surface area contributed by atoms with Gasteiger partial charge in [-0.2, -0.15) is 5.10 Å². The van der Waals surface area contributed by atoms with Gasteiger partial charge in [-0.1, -0.05) is 17.7 Å². The van der Waals surface area contributed by atoms with Crippen molar-refractivity contribution >= 4 is 34.7 Å². The molecule has 0 atom stereocenters. The van der Waals surface area contributed by atoms with Crippen LogP contribution < -0.4 is 15.5 Å². The maximum Gasteiger partial charge on any atom is 0.341 e. The number of ether oxygens (including phenoxy) is 1. The highest BCUT2D eigenvalue weighted by atomic mass is 32.1. The molecule has 0 aliphatic carbocycles. The van der Waals surface area contributed by atoms with E-state index in [1.54, 1.807) is 24.3 Å². The lowest BCUT2D eigenvalue weighted by Crippen LogP contribution is -2.25. The van der Waals surface area contributed by atoms with E-state index in [2.05, 4.69) is 21.9 Å². The number of anilines is 1.